The average Bonchev–Trinajstić information content (AvgIpc) is 1.97. The summed E-state index contributed by atoms with van der Waals surface area (Å²) in [5, 5.41) is 0. The van der Waals surface area contributed by atoms with Crippen LogP contribution in [-0.2, 0) is 4.74 Å². The summed E-state index contributed by atoms with van der Waals surface area (Å²) in [4.78, 5) is 0. The Hall–Kier alpha value is -0.460. The van der Waals surface area contributed by atoms with Gasteiger partial charge in [0.05, 0.1) is 6.61 Å². The molecule has 0 saturated carbocycles. The quantitative estimate of drug-likeness (QED) is 0.646. The number of alkyl halides is 6. The maximum absolute atomic E-state index is 12.1. The molecular formula is C6H7F6O. The molecule has 0 spiro atoms. The minimum Gasteiger partial charge on any atom is -0.337 e. The summed E-state index contributed by atoms with van der Waals surface area (Å²) in [5.41, 5.74) is 0. The molecular weight excluding hydrogens is 202 g/mol. The smallest absolute Gasteiger partial charge is 0.337 e. The molecule has 0 aliphatic heterocycles. The molecule has 0 rings (SSSR count). The SMILES string of the molecule is CC[CH]OC(F)C(F)(F)C(F)(F)F. The van der Waals surface area contributed by atoms with Crippen molar-refractivity contribution in [3.8, 4) is 0 Å². The highest BCUT2D eigenvalue weighted by atomic mass is 19.4. The largest absolute Gasteiger partial charge is 0.459 e. The number of rotatable bonds is 4. The van der Waals surface area contributed by atoms with E-state index in [1.165, 1.54) is 6.92 Å². The molecule has 0 aromatic rings. The first kappa shape index (κ1) is 12.5. The Labute approximate surface area is 70.7 Å². The lowest BCUT2D eigenvalue weighted by molar-refractivity contribution is -0.336. The topological polar surface area (TPSA) is 9.23 Å². The van der Waals surface area contributed by atoms with Crippen LogP contribution in [0, 0.1) is 6.61 Å². The first-order chi connectivity index (χ1) is 5.73. The molecule has 0 N–H and O–H groups in total. The predicted molar refractivity (Wildman–Crippen MR) is 31.6 cm³/mol. The van der Waals surface area contributed by atoms with Crippen molar-refractivity contribution < 1.29 is 31.1 Å². The minimum atomic E-state index is -5.94. The van der Waals surface area contributed by atoms with Crippen LogP contribution in [0.15, 0.2) is 0 Å². The van der Waals surface area contributed by atoms with Crippen molar-refractivity contribution in [3.63, 3.8) is 0 Å². The van der Waals surface area contributed by atoms with Crippen LogP contribution in [0.25, 0.3) is 0 Å². The van der Waals surface area contributed by atoms with Gasteiger partial charge in [0.25, 0.3) is 6.36 Å². The Bertz CT molecular complexity index is 154. The second-order valence-electron chi connectivity index (χ2n) is 2.15. The molecule has 0 heterocycles. The van der Waals surface area contributed by atoms with E-state index >= 15 is 0 Å². The van der Waals surface area contributed by atoms with Crippen LogP contribution in [0.1, 0.15) is 13.3 Å². The van der Waals surface area contributed by atoms with Gasteiger partial charge >= 0.3 is 12.1 Å². The van der Waals surface area contributed by atoms with E-state index in [1.54, 1.807) is 0 Å². The van der Waals surface area contributed by atoms with E-state index in [0.717, 1.165) is 0 Å². The Morgan fingerprint density at radius 3 is 2.00 bits per heavy atom. The molecule has 13 heavy (non-hydrogen) atoms. The third kappa shape index (κ3) is 3.06. The second-order valence-corrected chi connectivity index (χ2v) is 2.15. The van der Waals surface area contributed by atoms with Gasteiger partial charge in [-0.15, -0.1) is 0 Å². The Kier molecular flexibility index (Phi) is 4.02. The van der Waals surface area contributed by atoms with E-state index in [4.69, 9.17) is 0 Å². The molecule has 0 aliphatic carbocycles. The number of hydrogen-bond donors (Lipinski definition) is 0. The van der Waals surface area contributed by atoms with Gasteiger partial charge < -0.3 is 4.74 Å². The van der Waals surface area contributed by atoms with Gasteiger partial charge in [-0.1, -0.05) is 6.92 Å². The Morgan fingerprint density at radius 2 is 1.69 bits per heavy atom. The predicted octanol–water partition coefficient (Wildman–Crippen LogP) is 3.07. The molecule has 0 aliphatic rings. The summed E-state index contributed by atoms with van der Waals surface area (Å²) in [6.07, 6.45) is -9.59. The summed E-state index contributed by atoms with van der Waals surface area (Å²) in [6, 6.07) is 0. The molecule has 0 saturated heterocycles. The molecule has 1 unspecified atom stereocenters. The maximum atomic E-state index is 12.1. The lowest BCUT2D eigenvalue weighted by Crippen LogP contribution is -2.45. The highest BCUT2D eigenvalue weighted by molar-refractivity contribution is 4.79. The van der Waals surface area contributed by atoms with E-state index < -0.39 is 18.5 Å². The van der Waals surface area contributed by atoms with Crippen LogP contribution in [-0.4, -0.2) is 18.5 Å². The number of halogens is 6. The average molecular weight is 209 g/mol. The van der Waals surface area contributed by atoms with Gasteiger partial charge in [-0.05, 0) is 6.42 Å². The van der Waals surface area contributed by atoms with Crippen LogP contribution >= 0.6 is 0 Å². The van der Waals surface area contributed by atoms with Crippen molar-refractivity contribution in [1.29, 1.82) is 0 Å². The van der Waals surface area contributed by atoms with E-state index in [1.807, 2.05) is 0 Å². The molecule has 0 aromatic heterocycles. The summed E-state index contributed by atoms with van der Waals surface area (Å²) in [5.74, 6) is -5.47. The lowest BCUT2D eigenvalue weighted by Gasteiger charge is -2.22. The van der Waals surface area contributed by atoms with Crippen LogP contribution in [0.2, 0.25) is 0 Å². The summed E-state index contributed by atoms with van der Waals surface area (Å²) >= 11 is 0. The normalized spacial score (nSPS) is 15.9. The Morgan fingerprint density at radius 1 is 1.23 bits per heavy atom. The van der Waals surface area contributed by atoms with Gasteiger partial charge in [0, 0.05) is 0 Å². The molecule has 79 valence electrons. The maximum Gasteiger partial charge on any atom is 0.459 e. The van der Waals surface area contributed by atoms with Crippen molar-refractivity contribution >= 4 is 0 Å². The molecule has 0 bridgehead atoms. The number of hydrogen-bond acceptors (Lipinski definition) is 1. The standard InChI is InChI=1S/C6H7F6O/c1-2-3-13-4(7)5(8,9)6(10,11)12/h3-4H,2H2,1H3. The van der Waals surface area contributed by atoms with Gasteiger partial charge in [0.15, 0.2) is 0 Å². The van der Waals surface area contributed by atoms with Gasteiger partial charge in [0.2, 0.25) is 0 Å². The van der Waals surface area contributed by atoms with Crippen LogP contribution in [0.5, 0.6) is 0 Å². The van der Waals surface area contributed by atoms with Crippen molar-refractivity contribution in [2.45, 2.75) is 31.8 Å². The molecule has 1 nitrogen and oxygen atoms in total. The van der Waals surface area contributed by atoms with Crippen LogP contribution in [0.3, 0.4) is 0 Å². The zero-order valence-corrected chi connectivity index (χ0v) is 6.54. The molecule has 1 atom stereocenters. The fourth-order valence-corrected chi connectivity index (χ4v) is 0.395. The number of ether oxygens (including phenoxy) is 1. The second kappa shape index (κ2) is 4.17. The van der Waals surface area contributed by atoms with Gasteiger partial charge in [-0.25, -0.2) is 4.39 Å². The van der Waals surface area contributed by atoms with E-state index in [2.05, 4.69) is 4.74 Å². The summed E-state index contributed by atoms with van der Waals surface area (Å²) in [7, 11) is 0. The fraction of sp³-hybridized carbons (Fsp3) is 0.833. The van der Waals surface area contributed by atoms with Gasteiger partial charge in [0.1, 0.15) is 0 Å². The lowest BCUT2D eigenvalue weighted by atomic mass is 10.3. The monoisotopic (exact) mass is 209 g/mol. The zero-order chi connectivity index (χ0) is 10.7. The molecule has 0 amide bonds. The Balaban J connectivity index is 4.27. The molecule has 0 aromatic carbocycles. The fourth-order valence-electron chi connectivity index (χ4n) is 0.395. The van der Waals surface area contributed by atoms with Crippen LogP contribution < -0.4 is 0 Å². The van der Waals surface area contributed by atoms with Crippen molar-refractivity contribution in [2.24, 2.45) is 0 Å². The molecule has 7 heteroatoms. The summed E-state index contributed by atoms with van der Waals surface area (Å²) < 4.78 is 73.9. The molecule has 0 fully saturated rings. The summed E-state index contributed by atoms with van der Waals surface area (Å²) in [6.45, 7) is 1.95. The van der Waals surface area contributed by atoms with Crippen molar-refractivity contribution in [2.75, 3.05) is 0 Å². The minimum absolute atomic E-state index is 0.0361. The van der Waals surface area contributed by atoms with Gasteiger partial charge in [-0.3, -0.25) is 0 Å². The van der Waals surface area contributed by atoms with E-state index in [-0.39, 0.29) is 6.42 Å². The van der Waals surface area contributed by atoms with E-state index in [0.29, 0.717) is 6.61 Å². The van der Waals surface area contributed by atoms with Crippen molar-refractivity contribution in [1.82, 2.24) is 0 Å². The first-order valence-electron chi connectivity index (χ1n) is 3.29. The van der Waals surface area contributed by atoms with E-state index in [9.17, 15) is 26.3 Å². The third-order valence-corrected chi connectivity index (χ3v) is 1.05. The third-order valence-electron chi connectivity index (χ3n) is 1.05. The zero-order valence-electron chi connectivity index (χ0n) is 6.54. The molecule has 1 radical (unpaired) electrons. The van der Waals surface area contributed by atoms with Crippen LogP contribution in [0.4, 0.5) is 26.3 Å². The highest BCUT2D eigenvalue weighted by Crippen LogP contribution is 2.40. The first-order valence-corrected chi connectivity index (χ1v) is 3.29. The van der Waals surface area contributed by atoms with Crippen molar-refractivity contribution in [3.05, 3.63) is 6.61 Å². The highest BCUT2D eigenvalue weighted by Gasteiger charge is 2.64. The van der Waals surface area contributed by atoms with Gasteiger partial charge in [-0.2, -0.15) is 22.0 Å².